The van der Waals surface area contributed by atoms with Crippen molar-refractivity contribution in [1.29, 1.82) is 0 Å². The van der Waals surface area contributed by atoms with Gasteiger partial charge in [-0.1, -0.05) is 26.2 Å². The number of thiazole rings is 1. The zero-order chi connectivity index (χ0) is 10.7. The molecule has 1 aliphatic rings. The zero-order valence-electron chi connectivity index (χ0n) is 9.28. The minimum atomic E-state index is 0.228. The van der Waals surface area contributed by atoms with E-state index in [4.69, 9.17) is 5.11 Å². The van der Waals surface area contributed by atoms with E-state index in [0.717, 1.165) is 0 Å². The average molecular weight is 225 g/mol. The molecule has 1 saturated carbocycles. The third kappa shape index (κ3) is 2.58. The topological polar surface area (TPSA) is 33.1 Å². The Morgan fingerprint density at radius 3 is 2.87 bits per heavy atom. The van der Waals surface area contributed by atoms with E-state index < -0.39 is 0 Å². The Hall–Kier alpha value is -0.410. The number of nitrogens with zero attached hydrogens (tertiary/aromatic N) is 1. The van der Waals surface area contributed by atoms with Crippen molar-refractivity contribution in [3.8, 4) is 0 Å². The molecule has 1 atom stereocenters. The Labute approximate surface area is 95.4 Å². The van der Waals surface area contributed by atoms with Crippen LogP contribution in [0.4, 0.5) is 0 Å². The van der Waals surface area contributed by atoms with Crippen molar-refractivity contribution in [2.75, 3.05) is 6.61 Å². The first-order chi connectivity index (χ1) is 7.31. The van der Waals surface area contributed by atoms with E-state index in [1.54, 1.807) is 11.3 Å². The van der Waals surface area contributed by atoms with E-state index in [9.17, 15) is 0 Å². The van der Waals surface area contributed by atoms with Gasteiger partial charge >= 0.3 is 0 Å². The van der Waals surface area contributed by atoms with E-state index in [2.05, 4.69) is 11.9 Å². The molecule has 15 heavy (non-hydrogen) atoms. The quantitative estimate of drug-likeness (QED) is 0.856. The smallest absolute Gasteiger partial charge is 0.0958 e. The molecule has 1 unspecified atom stereocenters. The van der Waals surface area contributed by atoms with Crippen LogP contribution in [0, 0.1) is 0 Å². The molecule has 2 nitrogen and oxygen atoms in total. The summed E-state index contributed by atoms with van der Waals surface area (Å²) in [6.45, 7) is 2.28. The lowest BCUT2D eigenvalue weighted by molar-refractivity contribution is 0.274. The van der Waals surface area contributed by atoms with Crippen LogP contribution in [0.5, 0.6) is 0 Å². The van der Waals surface area contributed by atoms with Gasteiger partial charge in [-0.3, -0.25) is 0 Å². The molecule has 0 aliphatic heterocycles. The predicted molar refractivity (Wildman–Crippen MR) is 63.4 cm³/mol. The number of hydrogen-bond donors (Lipinski definition) is 1. The van der Waals surface area contributed by atoms with Crippen LogP contribution in [0.25, 0.3) is 0 Å². The number of aromatic nitrogens is 1. The van der Waals surface area contributed by atoms with Crippen LogP contribution in [0.15, 0.2) is 6.20 Å². The molecular weight excluding hydrogens is 206 g/mol. The second-order valence-corrected chi connectivity index (χ2v) is 5.61. The Balaban J connectivity index is 2.05. The summed E-state index contributed by atoms with van der Waals surface area (Å²) in [7, 11) is 0. The fourth-order valence-corrected chi connectivity index (χ4v) is 3.29. The van der Waals surface area contributed by atoms with E-state index in [0.29, 0.717) is 5.92 Å². The molecule has 0 amide bonds. The third-order valence-electron chi connectivity index (χ3n) is 3.26. The third-order valence-corrected chi connectivity index (χ3v) is 4.65. The summed E-state index contributed by atoms with van der Waals surface area (Å²) >= 11 is 1.80. The first-order valence-electron chi connectivity index (χ1n) is 5.87. The molecule has 2 rings (SSSR count). The average Bonchev–Trinajstić information content (AvgIpc) is 2.78. The monoisotopic (exact) mass is 225 g/mol. The molecule has 0 aromatic carbocycles. The number of rotatable bonds is 3. The first kappa shape index (κ1) is 11.1. The summed E-state index contributed by atoms with van der Waals surface area (Å²) < 4.78 is 0. The van der Waals surface area contributed by atoms with Crippen molar-refractivity contribution < 1.29 is 5.11 Å². The standard InChI is InChI=1S/C12H19NOS/c1-9(8-14)11-7-13-12(15-11)10-5-3-2-4-6-10/h7,9-10,14H,2-6,8H2,1H3. The van der Waals surface area contributed by atoms with Gasteiger partial charge in [0.2, 0.25) is 0 Å². The number of aliphatic hydroxyl groups is 1. The fraction of sp³-hybridized carbons (Fsp3) is 0.750. The van der Waals surface area contributed by atoms with Gasteiger partial charge in [0.15, 0.2) is 0 Å². The van der Waals surface area contributed by atoms with Gasteiger partial charge in [0, 0.05) is 22.9 Å². The van der Waals surface area contributed by atoms with Gasteiger partial charge in [0.05, 0.1) is 11.6 Å². The Kier molecular flexibility index (Phi) is 3.76. The van der Waals surface area contributed by atoms with Crippen molar-refractivity contribution in [3.63, 3.8) is 0 Å². The maximum absolute atomic E-state index is 9.09. The van der Waals surface area contributed by atoms with Crippen molar-refractivity contribution in [3.05, 3.63) is 16.1 Å². The first-order valence-corrected chi connectivity index (χ1v) is 6.69. The highest BCUT2D eigenvalue weighted by Crippen LogP contribution is 2.36. The summed E-state index contributed by atoms with van der Waals surface area (Å²) in [4.78, 5) is 5.75. The van der Waals surface area contributed by atoms with Crippen LogP contribution in [-0.2, 0) is 0 Å². The van der Waals surface area contributed by atoms with Gasteiger partial charge in [-0.25, -0.2) is 4.98 Å². The van der Waals surface area contributed by atoms with Crippen molar-refractivity contribution in [2.24, 2.45) is 0 Å². The Bertz CT molecular complexity index is 304. The lowest BCUT2D eigenvalue weighted by Crippen LogP contribution is -2.03. The summed E-state index contributed by atoms with van der Waals surface area (Å²) in [6.07, 6.45) is 8.67. The van der Waals surface area contributed by atoms with Gasteiger partial charge in [-0.05, 0) is 12.8 Å². The van der Waals surface area contributed by atoms with Crippen molar-refractivity contribution in [2.45, 2.75) is 50.9 Å². The predicted octanol–water partition coefficient (Wildman–Crippen LogP) is 3.29. The maximum atomic E-state index is 9.09. The molecule has 84 valence electrons. The molecule has 1 N–H and O–H groups in total. The molecule has 1 aliphatic carbocycles. The maximum Gasteiger partial charge on any atom is 0.0958 e. The van der Waals surface area contributed by atoms with Gasteiger partial charge in [-0.15, -0.1) is 11.3 Å². The highest BCUT2D eigenvalue weighted by atomic mass is 32.1. The van der Waals surface area contributed by atoms with Crippen LogP contribution in [-0.4, -0.2) is 16.7 Å². The minimum Gasteiger partial charge on any atom is -0.396 e. The van der Waals surface area contributed by atoms with Gasteiger partial charge in [0.25, 0.3) is 0 Å². The summed E-state index contributed by atoms with van der Waals surface area (Å²) in [5.41, 5.74) is 0. The molecule has 1 aromatic rings. The molecule has 0 spiro atoms. The zero-order valence-corrected chi connectivity index (χ0v) is 10.1. The van der Waals surface area contributed by atoms with Crippen LogP contribution in [0.2, 0.25) is 0 Å². The summed E-state index contributed by atoms with van der Waals surface area (Å²) in [6, 6.07) is 0. The molecule has 0 saturated heterocycles. The molecular formula is C12H19NOS. The van der Waals surface area contributed by atoms with Crippen LogP contribution < -0.4 is 0 Å². The van der Waals surface area contributed by atoms with E-state index in [-0.39, 0.29) is 12.5 Å². The molecule has 1 aromatic heterocycles. The molecule has 1 heterocycles. The number of hydrogen-bond acceptors (Lipinski definition) is 3. The van der Waals surface area contributed by atoms with E-state index >= 15 is 0 Å². The normalized spacial score (nSPS) is 20.4. The molecule has 1 fully saturated rings. The van der Waals surface area contributed by atoms with Crippen molar-refractivity contribution >= 4 is 11.3 Å². The number of aliphatic hydroxyl groups excluding tert-OH is 1. The highest BCUT2D eigenvalue weighted by molar-refractivity contribution is 7.11. The van der Waals surface area contributed by atoms with Crippen LogP contribution in [0.3, 0.4) is 0 Å². The van der Waals surface area contributed by atoms with Gasteiger partial charge < -0.3 is 5.11 Å². The van der Waals surface area contributed by atoms with Crippen LogP contribution in [0.1, 0.15) is 60.7 Å². The minimum absolute atomic E-state index is 0.228. The SMILES string of the molecule is CC(CO)c1cnc(C2CCCCC2)s1. The molecule has 3 heteroatoms. The van der Waals surface area contributed by atoms with E-state index in [1.165, 1.54) is 42.0 Å². The lowest BCUT2D eigenvalue weighted by atomic mass is 9.90. The Morgan fingerprint density at radius 2 is 2.20 bits per heavy atom. The second-order valence-electron chi connectivity index (χ2n) is 4.52. The molecule has 0 radical (unpaired) electrons. The molecule has 0 bridgehead atoms. The summed E-state index contributed by atoms with van der Waals surface area (Å²) in [5.74, 6) is 0.947. The summed E-state index contributed by atoms with van der Waals surface area (Å²) in [5, 5.41) is 10.4. The van der Waals surface area contributed by atoms with Gasteiger partial charge in [0.1, 0.15) is 0 Å². The largest absolute Gasteiger partial charge is 0.396 e. The fourth-order valence-electron chi connectivity index (χ4n) is 2.16. The van der Waals surface area contributed by atoms with Crippen molar-refractivity contribution in [1.82, 2.24) is 4.98 Å². The van der Waals surface area contributed by atoms with Gasteiger partial charge in [-0.2, -0.15) is 0 Å². The van der Waals surface area contributed by atoms with E-state index in [1.807, 2.05) is 6.20 Å². The lowest BCUT2D eigenvalue weighted by Gasteiger charge is -2.18. The highest BCUT2D eigenvalue weighted by Gasteiger charge is 2.19. The van der Waals surface area contributed by atoms with Crippen LogP contribution >= 0.6 is 11.3 Å². The second kappa shape index (κ2) is 5.08. The Morgan fingerprint density at radius 1 is 1.47 bits per heavy atom.